The third kappa shape index (κ3) is 5.09. The highest BCUT2D eigenvalue weighted by molar-refractivity contribution is 8.00. The molecule has 0 unspecified atom stereocenters. The number of ether oxygens (including phenoxy) is 1. The van der Waals surface area contributed by atoms with Gasteiger partial charge in [-0.2, -0.15) is 5.10 Å². The molecular weight excluding hydrogens is 504 g/mol. The molecule has 2 amide bonds. The fourth-order valence-corrected chi connectivity index (χ4v) is 7.17. The van der Waals surface area contributed by atoms with Crippen molar-refractivity contribution in [3.05, 3.63) is 63.0 Å². The molecule has 1 aromatic carbocycles. The lowest BCUT2D eigenvalue weighted by Gasteiger charge is -2.30. The highest BCUT2D eigenvalue weighted by Crippen LogP contribution is 2.49. The highest BCUT2D eigenvalue weighted by atomic mass is 32.2. The summed E-state index contributed by atoms with van der Waals surface area (Å²) in [6, 6.07) is 10.5. The van der Waals surface area contributed by atoms with E-state index in [0.29, 0.717) is 37.9 Å². The van der Waals surface area contributed by atoms with E-state index in [9.17, 15) is 9.59 Å². The maximum absolute atomic E-state index is 13.8. The van der Waals surface area contributed by atoms with Crippen molar-refractivity contribution >= 4 is 40.7 Å². The van der Waals surface area contributed by atoms with Gasteiger partial charge >= 0.3 is 0 Å². The number of anilines is 1. The van der Waals surface area contributed by atoms with Crippen LogP contribution in [-0.2, 0) is 19.7 Å². The van der Waals surface area contributed by atoms with Crippen molar-refractivity contribution in [3.8, 4) is 5.69 Å². The Hall–Kier alpha value is -2.62. The normalized spacial score (nSPS) is 18.6. The first-order valence-electron chi connectivity index (χ1n) is 12.7. The lowest BCUT2D eigenvalue weighted by atomic mass is 9.88. The summed E-state index contributed by atoms with van der Waals surface area (Å²) in [5, 5.41) is 7.23. The number of hydrogen-bond acceptors (Lipinski definition) is 6. The number of aromatic nitrogens is 2. The van der Waals surface area contributed by atoms with Gasteiger partial charge in [-0.3, -0.25) is 14.5 Å². The van der Waals surface area contributed by atoms with Gasteiger partial charge in [0.15, 0.2) is 0 Å². The molecule has 0 N–H and O–H groups in total. The molecule has 0 spiro atoms. The molecule has 1 saturated heterocycles. The number of carbonyl (C=O) groups excluding carboxylic acids is 2. The van der Waals surface area contributed by atoms with Gasteiger partial charge in [-0.25, -0.2) is 4.68 Å². The van der Waals surface area contributed by atoms with Crippen LogP contribution in [0.25, 0.3) is 5.69 Å². The first-order chi connectivity index (χ1) is 17.6. The zero-order valence-electron chi connectivity index (χ0n) is 22.1. The third-order valence-electron chi connectivity index (χ3n) is 6.84. The van der Waals surface area contributed by atoms with Crippen molar-refractivity contribution in [3.63, 3.8) is 0 Å². The van der Waals surface area contributed by atoms with E-state index < -0.39 is 0 Å². The largest absolute Gasteiger partial charge is 0.378 e. The predicted molar refractivity (Wildman–Crippen MR) is 150 cm³/mol. The van der Waals surface area contributed by atoms with Crippen molar-refractivity contribution in [2.24, 2.45) is 0 Å². The quantitative estimate of drug-likeness (QED) is 0.474. The molecule has 7 nitrogen and oxygen atoms in total. The maximum Gasteiger partial charge on any atom is 0.242 e. The Labute approximate surface area is 226 Å². The first kappa shape index (κ1) is 26.0. The Morgan fingerprint density at radius 1 is 1.16 bits per heavy atom. The summed E-state index contributed by atoms with van der Waals surface area (Å²) in [5.41, 5.74) is 4.87. The highest BCUT2D eigenvalue weighted by Gasteiger charge is 2.40. The number of amides is 2. The number of thiophene rings is 1. The molecule has 37 heavy (non-hydrogen) atoms. The summed E-state index contributed by atoms with van der Waals surface area (Å²) < 4.78 is 7.36. The van der Waals surface area contributed by atoms with Crippen LogP contribution in [0.1, 0.15) is 53.3 Å². The molecule has 0 bridgehead atoms. The van der Waals surface area contributed by atoms with E-state index >= 15 is 0 Å². The molecule has 2 aliphatic rings. The van der Waals surface area contributed by atoms with Crippen molar-refractivity contribution in [1.82, 2.24) is 14.7 Å². The smallest absolute Gasteiger partial charge is 0.242 e. The van der Waals surface area contributed by atoms with Gasteiger partial charge in [0, 0.05) is 28.9 Å². The number of benzene rings is 1. The molecule has 1 atom stereocenters. The molecule has 5 rings (SSSR count). The fourth-order valence-electron chi connectivity index (χ4n) is 5.00. The van der Waals surface area contributed by atoms with E-state index in [2.05, 4.69) is 70.3 Å². The van der Waals surface area contributed by atoms with E-state index in [1.165, 1.54) is 4.88 Å². The Balaban J connectivity index is 1.73. The second kappa shape index (κ2) is 10.3. The van der Waals surface area contributed by atoms with Crippen molar-refractivity contribution in [1.29, 1.82) is 0 Å². The molecule has 0 radical (unpaired) electrons. The second-order valence-corrected chi connectivity index (χ2v) is 12.8. The number of rotatable bonds is 4. The van der Waals surface area contributed by atoms with Gasteiger partial charge in [0.05, 0.1) is 35.6 Å². The number of hydrogen-bond donors (Lipinski definition) is 0. The standard InChI is InChI=1S/C28H34N4O3S2/c1-18-8-9-20(19(2)15-18)32-27-24(26(29-32)28(3,4)5)25(21-7-6-14-36-21)37-17-23(34)31(27)16-22(33)30-10-12-35-13-11-30/h6-9,14-15,25H,10-13,16-17H2,1-5H3/t25-/m0/s1. The Bertz CT molecular complexity index is 1300. The van der Waals surface area contributed by atoms with Gasteiger partial charge in [-0.1, -0.05) is 44.5 Å². The number of aryl methyl sites for hydroxylation is 2. The molecule has 4 heterocycles. The first-order valence-corrected chi connectivity index (χ1v) is 14.6. The van der Waals surface area contributed by atoms with Gasteiger partial charge in [0.2, 0.25) is 11.8 Å². The van der Waals surface area contributed by atoms with Crippen molar-refractivity contribution in [2.75, 3.05) is 43.5 Å². The van der Waals surface area contributed by atoms with Crippen molar-refractivity contribution < 1.29 is 14.3 Å². The van der Waals surface area contributed by atoms with Gasteiger partial charge in [-0.05, 0) is 36.9 Å². The minimum Gasteiger partial charge on any atom is -0.378 e. The summed E-state index contributed by atoms with van der Waals surface area (Å²) >= 11 is 3.32. The molecular formula is C28H34N4O3S2. The molecule has 196 valence electrons. The van der Waals surface area contributed by atoms with E-state index in [0.717, 1.165) is 28.1 Å². The van der Waals surface area contributed by atoms with Gasteiger partial charge in [-0.15, -0.1) is 23.1 Å². The zero-order valence-corrected chi connectivity index (χ0v) is 23.7. The summed E-state index contributed by atoms with van der Waals surface area (Å²) in [6.45, 7) is 12.8. The monoisotopic (exact) mass is 538 g/mol. The molecule has 0 aliphatic carbocycles. The van der Waals surface area contributed by atoms with E-state index in [-0.39, 0.29) is 29.0 Å². The van der Waals surface area contributed by atoms with Crippen molar-refractivity contribution in [2.45, 2.75) is 45.3 Å². The molecule has 1 fully saturated rings. The summed E-state index contributed by atoms with van der Waals surface area (Å²) in [4.78, 5) is 31.9. The van der Waals surface area contributed by atoms with Crippen LogP contribution in [0, 0.1) is 13.8 Å². The fraction of sp³-hybridized carbons (Fsp3) is 0.464. The van der Waals surface area contributed by atoms with Gasteiger partial charge in [0.25, 0.3) is 0 Å². The van der Waals surface area contributed by atoms with Crippen LogP contribution < -0.4 is 4.90 Å². The average molecular weight is 539 g/mol. The topological polar surface area (TPSA) is 67.7 Å². The van der Waals surface area contributed by atoms with Crippen LogP contribution >= 0.6 is 23.1 Å². The Kier molecular flexibility index (Phi) is 7.22. The molecule has 0 saturated carbocycles. The molecule has 2 aromatic heterocycles. The second-order valence-electron chi connectivity index (χ2n) is 10.7. The van der Waals surface area contributed by atoms with Gasteiger partial charge < -0.3 is 9.64 Å². The molecule has 3 aromatic rings. The SMILES string of the molecule is Cc1ccc(-n2nc(C(C)(C)C)c3c2N(CC(=O)N2CCOCC2)C(=O)CS[C@H]3c2cccs2)c(C)c1. The summed E-state index contributed by atoms with van der Waals surface area (Å²) in [6.07, 6.45) is 0. The van der Waals surface area contributed by atoms with Crippen LogP contribution in [-0.4, -0.2) is 65.1 Å². The van der Waals surface area contributed by atoms with E-state index in [4.69, 9.17) is 9.84 Å². The van der Waals surface area contributed by atoms with Crippen LogP contribution in [0.15, 0.2) is 35.7 Å². The van der Waals surface area contributed by atoms with Crippen LogP contribution in [0.4, 0.5) is 5.82 Å². The Morgan fingerprint density at radius 2 is 1.92 bits per heavy atom. The lowest BCUT2D eigenvalue weighted by Crippen LogP contribution is -2.48. The maximum atomic E-state index is 13.8. The number of morpholine rings is 1. The number of thioether (sulfide) groups is 1. The number of nitrogens with zero attached hydrogens (tertiary/aromatic N) is 4. The molecule has 9 heteroatoms. The van der Waals surface area contributed by atoms with E-state index in [1.54, 1.807) is 32.9 Å². The van der Waals surface area contributed by atoms with E-state index in [1.807, 2.05) is 4.68 Å². The predicted octanol–water partition coefficient (Wildman–Crippen LogP) is 4.88. The lowest BCUT2D eigenvalue weighted by molar-refractivity contribution is -0.134. The van der Waals surface area contributed by atoms with Crippen LogP contribution in [0.2, 0.25) is 0 Å². The minimum atomic E-state index is -0.267. The zero-order chi connectivity index (χ0) is 26.3. The number of carbonyl (C=O) groups is 2. The third-order valence-corrected chi connectivity index (χ3v) is 9.16. The summed E-state index contributed by atoms with van der Waals surface area (Å²) in [5.74, 6) is 0.877. The Morgan fingerprint density at radius 3 is 2.57 bits per heavy atom. The summed E-state index contributed by atoms with van der Waals surface area (Å²) in [7, 11) is 0. The minimum absolute atomic E-state index is 0.0102. The number of fused-ring (bicyclic) bond motifs is 1. The van der Waals surface area contributed by atoms with Crippen LogP contribution in [0.3, 0.4) is 0 Å². The molecule has 2 aliphatic heterocycles. The average Bonchev–Trinajstić information content (AvgIpc) is 3.49. The van der Waals surface area contributed by atoms with Crippen LogP contribution in [0.5, 0.6) is 0 Å². The van der Waals surface area contributed by atoms with Gasteiger partial charge in [0.1, 0.15) is 12.4 Å².